The Morgan fingerprint density at radius 3 is 2.40 bits per heavy atom. The molecule has 1 aliphatic carbocycles. The maximum atomic E-state index is 11.1. The Morgan fingerprint density at radius 2 is 1.95 bits per heavy atom. The maximum absolute atomic E-state index is 11.1. The number of ether oxygens (including phenoxy) is 1. The summed E-state index contributed by atoms with van der Waals surface area (Å²) in [6.45, 7) is 6.62. The van der Waals surface area contributed by atoms with Gasteiger partial charge in [-0.2, -0.15) is 0 Å². The van der Waals surface area contributed by atoms with Gasteiger partial charge in [-0.25, -0.2) is 0 Å². The van der Waals surface area contributed by atoms with E-state index in [0.29, 0.717) is 11.8 Å². The summed E-state index contributed by atoms with van der Waals surface area (Å²) in [5.74, 6) is -0.148. The Bertz CT molecular complexity index is 458. The molecule has 0 saturated heterocycles. The van der Waals surface area contributed by atoms with Gasteiger partial charge < -0.3 is 9.84 Å². The molecule has 1 aromatic rings. The second-order valence-electron chi connectivity index (χ2n) is 6.42. The molecule has 4 nitrogen and oxygen atoms in total. The summed E-state index contributed by atoms with van der Waals surface area (Å²) >= 11 is 0. The predicted octanol–water partition coefficient (Wildman–Crippen LogP) is 2.57. The summed E-state index contributed by atoms with van der Waals surface area (Å²) in [4.78, 5) is 11.1. The number of carboxylic acids is 1. The van der Waals surface area contributed by atoms with E-state index < -0.39 is 12.0 Å². The fourth-order valence-electron chi connectivity index (χ4n) is 1.96. The third kappa shape index (κ3) is 4.23. The van der Waals surface area contributed by atoms with Crippen molar-refractivity contribution in [2.24, 2.45) is 0 Å². The fourth-order valence-corrected chi connectivity index (χ4v) is 1.96. The van der Waals surface area contributed by atoms with Crippen LogP contribution in [0.3, 0.4) is 0 Å². The number of benzene rings is 1. The van der Waals surface area contributed by atoms with Crippen LogP contribution in [-0.2, 0) is 10.2 Å². The second-order valence-corrected chi connectivity index (χ2v) is 6.42. The quantitative estimate of drug-likeness (QED) is 0.839. The zero-order valence-electron chi connectivity index (χ0n) is 12.3. The summed E-state index contributed by atoms with van der Waals surface area (Å²) < 4.78 is 5.58. The zero-order chi connectivity index (χ0) is 14.8. The van der Waals surface area contributed by atoms with E-state index in [4.69, 9.17) is 9.84 Å². The number of nitrogens with one attached hydrogen (secondary N) is 1. The van der Waals surface area contributed by atoms with Crippen molar-refractivity contribution in [3.05, 3.63) is 29.8 Å². The van der Waals surface area contributed by atoms with E-state index in [9.17, 15) is 4.79 Å². The van der Waals surface area contributed by atoms with Crippen molar-refractivity contribution >= 4 is 5.97 Å². The van der Waals surface area contributed by atoms with Crippen LogP contribution >= 0.6 is 0 Å². The van der Waals surface area contributed by atoms with Crippen LogP contribution in [0.2, 0.25) is 0 Å². The van der Waals surface area contributed by atoms with Crippen molar-refractivity contribution in [3.63, 3.8) is 0 Å². The predicted molar refractivity (Wildman–Crippen MR) is 78.2 cm³/mol. The Labute approximate surface area is 120 Å². The standard InChI is InChI=1S/C16H23NO3/c1-16(2,3)11-4-8-13(9-5-11)20-10-14(15(18)19)17-12-6-7-12/h4-5,8-9,12,14,17H,6-7,10H2,1-3H3,(H,18,19). The molecular formula is C16H23NO3. The smallest absolute Gasteiger partial charge is 0.324 e. The molecule has 1 saturated carbocycles. The number of carboxylic acid groups (broad SMARTS) is 1. The average Bonchev–Trinajstić information content (AvgIpc) is 3.17. The molecule has 0 aliphatic heterocycles. The molecule has 2 rings (SSSR count). The highest BCUT2D eigenvalue weighted by Crippen LogP contribution is 2.24. The van der Waals surface area contributed by atoms with E-state index in [2.05, 4.69) is 26.1 Å². The molecule has 0 aromatic heterocycles. The first-order valence-corrected chi connectivity index (χ1v) is 7.08. The third-order valence-electron chi connectivity index (χ3n) is 3.45. The van der Waals surface area contributed by atoms with Crippen LogP contribution in [0.5, 0.6) is 5.75 Å². The molecule has 1 atom stereocenters. The Balaban J connectivity index is 1.90. The van der Waals surface area contributed by atoms with Crippen LogP contribution in [0.1, 0.15) is 39.2 Å². The van der Waals surface area contributed by atoms with Gasteiger partial charge in [-0.1, -0.05) is 32.9 Å². The van der Waals surface area contributed by atoms with Gasteiger partial charge in [0.2, 0.25) is 0 Å². The Morgan fingerprint density at radius 1 is 1.35 bits per heavy atom. The molecule has 4 heteroatoms. The van der Waals surface area contributed by atoms with E-state index in [1.54, 1.807) is 0 Å². The number of rotatable bonds is 6. The van der Waals surface area contributed by atoms with Crippen LogP contribution in [-0.4, -0.2) is 29.8 Å². The largest absolute Gasteiger partial charge is 0.491 e. The molecule has 0 radical (unpaired) electrons. The van der Waals surface area contributed by atoms with E-state index >= 15 is 0 Å². The van der Waals surface area contributed by atoms with Crippen LogP contribution in [0.15, 0.2) is 24.3 Å². The van der Waals surface area contributed by atoms with Crippen molar-refractivity contribution in [3.8, 4) is 5.75 Å². The molecule has 2 N–H and O–H groups in total. The van der Waals surface area contributed by atoms with Crippen molar-refractivity contribution < 1.29 is 14.6 Å². The van der Waals surface area contributed by atoms with Gasteiger partial charge in [0.05, 0.1) is 0 Å². The van der Waals surface area contributed by atoms with Gasteiger partial charge in [-0.15, -0.1) is 0 Å². The first-order valence-electron chi connectivity index (χ1n) is 7.08. The SMILES string of the molecule is CC(C)(C)c1ccc(OCC(NC2CC2)C(=O)O)cc1. The van der Waals surface area contributed by atoms with Gasteiger partial charge in [0.1, 0.15) is 18.4 Å². The van der Waals surface area contributed by atoms with Crippen molar-refractivity contribution in [2.75, 3.05) is 6.61 Å². The monoisotopic (exact) mass is 277 g/mol. The van der Waals surface area contributed by atoms with Crippen LogP contribution in [0.4, 0.5) is 0 Å². The summed E-state index contributed by atoms with van der Waals surface area (Å²) in [7, 11) is 0. The Hall–Kier alpha value is -1.55. The number of hydrogen-bond donors (Lipinski definition) is 2. The van der Waals surface area contributed by atoms with Gasteiger partial charge in [0, 0.05) is 6.04 Å². The second kappa shape index (κ2) is 5.83. The summed E-state index contributed by atoms with van der Waals surface area (Å²) in [6, 6.07) is 7.57. The highest BCUT2D eigenvalue weighted by molar-refractivity contribution is 5.73. The molecule has 1 fully saturated rings. The summed E-state index contributed by atoms with van der Waals surface area (Å²) in [6.07, 6.45) is 2.12. The van der Waals surface area contributed by atoms with Crippen molar-refractivity contribution in [1.29, 1.82) is 0 Å². The van der Waals surface area contributed by atoms with Gasteiger partial charge in [0.15, 0.2) is 0 Å². The van der Waals surface area contributed by atoms with Crippen molar-refractivity contribution in [1.82, 2.24) is 5.32 Å². The van der Waals surface area contributed by atoms with E-state index in [1.807, 2.05) is 24.3 Å². The first-order chi connectivity index (χ1) is 9.36. The fraction of sp³-hybridized carbons (Fsp3) is 0.562. The van der Waals surface area contributed by atoms with E-state index in [0.717, 1.165) is 12.8 Å². The molecule has 20 heavy (non-hydrogen) atoms. The molecule has 1 aliphatic rings. The van der Waals surface area contributed by atoms with Gasteiger partial charge in [-0.05, 0) is 36.0 Å². The lowest BCUT2D eigenvalue weighted by atomic mass is 9.87. The molecule has 0 bridgehead atoms. The summed E-state index contributed by atoms with van der Waals surface area (Å²) in [5.41, 5.74) is 1.34. The molecule has 1 aromatic carbocycles. The van der Waals surface area contributed by atoms with Crippen LogP contribution in [0.25, 0.3) is 0 Å². The zero-order valence-corrected chi connectivity index (χ0v) is 12.3. The third-order valence-corrected chi connectivity index (χ3v) is 3.45. The van der Waals surface area contributed by atoms with E-state index in [1.165, 1.54) is 5.56 Å². The van der Waals surface area contributed by atoms with E-state index in [-0.39, 0.29) is 12.0 Å². The number of carbonyl (C=O) groups is 1. The minimum absolute atomic E-state index is 0.107. The minimum atomic E-state index is -0.858. The summed E-state index contributed by atoms with van der Waals surface area (Å²) in [5, 5.41) is 12.2. The number of hydrogen-bond acceptors (Lipinski definition) is 3. The lowest BCUT2D eigenvalue weighted by molar-refractivity contribution is -0.140. The van der Waals surface area contributed by atoms with Gasteiger partial charge >= 0.3 is 5.97 Å². The highest BCUT2D eigenvalue weighted by atomic mass is 16.5. The lowest BCUT2D eigenvalue weighted by Crippen LogP contribution is -2.42. The molecule has 110 valence electrons. The molecule has 0 spiro atoms. The lowest BCUT2D eigenvalue weighted by Gasteiger charge is -2.20. The topological polar surface area (TPSA) is 58.6 Å². The first kappa shape index (κ1) is 14.9. The number of aliphatic carboxylic acids is 1. The molecule has 0 amide bonds. The van der Waals surface area contributed by atoms with Crippen molar-refractivity contribution in [2.45, 2.75) is 51.1 Å². The average molecular weight is 277 g/mol. The highest BCUT2D eigenvalue weighted by Gasteiger charge is 2.28. The molecular weight excluding hydrogens is 254 g/mol. The molecule has 0 heterocycles. The minimum Gasteiger partial charge on any atom is -0.491 e. The van der Waals surface area contributed by atoms with Gasteiger partial charge in [0.25, 0.3) is 0 Å². The molecule has 1 unspecified atom stereocenters. The normalized spacial score (nSPS) is 16.8. The van der Waals surface area contributed by atoms with Crippen LogP contribution < -0.4 is 10.1 Å². The maximum Gasteiger partial charge on any atom is 0.324 e. The Kier molecular flexibility index (Phi) is 4.33. The van der Waals surface area contributed by atoms with Crippen LogP contribution in [0, 0.1) is 0 Å². The van der Waals surface area contributed by atoms with Gasteiger partial charge in [-0.3, -0.25) is 10.1 Å².